The molecule has 1 saturated carbocycles. The highest BCUT2D eigenvalue weighted by Gasteiger charge is 2.40. The normalized spacial score (nSPS) is 16.2. The Kier molecular flexibility index (Phi) is 6.45. The number of esters is 1. The minimum Gasteiger partial charge on any atom is -0.466 e. The molecule has 1 aliphatic carbocycles. The van der Waals surface area contributed by atoms with Crippen LogP contribution in [0.4, 0.5) is 0 Å². The summed E-state index contributed by atoms with van der Waals surface area (Å²) in [4.78, 5) is 12.5. The van der Waals surface area contributed by atoms with Gasteiger partial charge in [-0.15, -0.1) is 0 Å². The fourth-order valence-corrected chi connectivity index (χ4v) is 3.86. The molecule has 0 atom stereocenters. The Morgan fingerprint density at radius 3 is 2.27 bits per heavy atom. The molecule has 3 heteroatoms. The molecule has 138 valence electrons. The first-order valence-corrected chi connectivity index (χ1v) is 9.76. The first-order chi connectivity index (χ1) is 12.7. The summed E-state index contributed by atoms with van der Waals surface area (Å²) in [6.45, 7) is 3.82. The lowest BCUT2D eigenvalue weighted by Crippen LogP contribution is -2.43. The summed E-state index contributed by atoms with van der Waals surface area (Å²) in [5, 5.41) is 3.51. The number of benzene rings is 2. The highest BCUT2D eigenvalue weighted by molar-refractivity contribution is 5.77. The summed E-state index contributed by atoms with van der Waals surface area (Å²) in [7, 11) is 0. The maximum absolute atomic E-state index is 12.5. The fourth-order valence-electron chi connectivity index (χ4n) is 3.86. The molecule has 0 aliphatic heterocycles. The minimum absolute atomic E-state index is 0.0216. The second-order valence-corrected chi connectivity index (χ2v) is 7.23. The van der Waals surface area contributed by atoms with Gasteiger partial charge in [-0.3, -0.25) is 4.79 Å². The molecule has 1 aliphatic rings. The average molecular weight is 351 g/mol. The zero-order chi connectivity index (χ0) is 18.2. The van der Waals surface area contributed by atoms with Crippen molar-refractivity contribution >= 4 is 5.97 Å². The highest BCUT2D eigenvalue weighted by Crippen LogP contribution is 2.37. The number of carbonyl (C=O) groups excluding carboxylic acids is 1. The summed E-state index contributed by atoms with van der Waals surface area (Å²) in [5.74, 6) is -0.0216. The van der Waals surface area contributed by atoms with Gasteiger partial charge in [-0.05, 0) is 36.5 Å². The molecule has 3 rings (SSSR count). The molecule has 2 aromatic carbocycles. The van der Waals surface area contributed by atoms with E-state index in [1.54, 1.807) is 0 Å². The van der Waals surface area contributed by atoms with Crippen LogP contribution in [0.15, 0.2) is 54.6 Å². The van der Waals surface area contributed by atoms with E-state index < -0.39 is 0 Å². The van der Waals surface area contributed by atoms with E-state index in [2.05, 4.69) is 53.8 Å². The molecule has 0 aromatic heterocycles. The molecule has 0 saturated heterocycles. The monoisotopic (exact) mass is 351 g/mol. The highest BCUT2D eigenvalue weighted by atomic mass is 16.5. The van der Waals surface area contributed by atoms with Crippen molar-refractivity contribution in [2.24, 2.45) is 5.41 Å². The number of carbonyl (C=O) groups is 1. The van der Waals surface area contributed by atoms with Crippen molar-refractivity contribution < 1.29 is 9.53 Å². The SMILES string of the molecule is CCOC(=O)C1(CNCc2ccc(-c3ccccc3)cc2)CCCCC1. The van der Waals surface area contributed by atoms with E-state index in [1.807, 2.05) is 13.0 Å². The van der Waals surface area contributed by atoms with E-state index in [1.165, 1.54) is 23.1 Å². The van der Waals surface area contributed by atoms with Crippen LogP contribution >= 0.6 is 0 Å². The second kappa shape index (κ2) is 9.00. The van der Waals surface area contributed by atoms with Gasteiger partial charge in [-0.1, -0.05) is 73.9 Å². The van der Waals surface area contributed by atoms with Gasteiger partial charge >= 0.3 is 5.97 Å². The van der Waals surface area contributed by atoms with Crippen molar-refractivity contribution in [3.05, 3.63) is 60.2 Å². The van der Waals surface area contributed by atoms with Crippen LogP contribution in [0.2, 0.25) is 0 Å². The minimum atomic E-state index is -0.335. The Bertz CT molecular complexity index is 688. The van der Waals surface area contributed by atoms with Crippen molar-refractivity contribution in [2.45, 2.75) is 45.6 Å². The number of rotatable bonds is 7. The van der Waals surface area contributed by atoms with Crippen LogP contribution in [0, 0.1) is 5.41 Å². The van der Waals surface area contributed by atoms with E-state index in [0.29, 0.717) is 13.2 Å². The zero-order valence-corrected chi connectivity index (χ0v) is 15.7. The lowest BCUT2D eigenvalue weighted by molar-refractivity contribution is -0.157. The van der Waals surface area contributed by atoms with Gasteiger partial charge in [0.25, 0.3) is 0 Å². The van der Waals surface area contributed by atoms with E-state index >= 15 is 0 Å². The number of hydrogen-bond donors (Lipinski definition) is 1. The van der Waals surface area contributed by atoms with Crippen LogP contribution in [0.1, 0.15) is 44.6 Å². The first kappa shape index (κ1) is 18.7. The first-order valence-electron chi connectivity index (χ1n) is 9.76. The van der Waals surface area contributed by atoms with Gasteiger partial charge in [0.05, 0.1) is 12.0 Å². The number of ether oxygens (including phenoxy) is 1. The molecule has 26 heavy (non-hydrogen) atoms. The quantitative estimate of drug-likeness (QED) is 0.717. The molecule has 0 spiro atoms. The Morgan fingerprint density at radius 1 is 0.962 bits per heavy atom. The maximum atomic E-state index is 12.5. The van der Waals surface area contributed by atoms with Crippen LogP contribution in [0.3, 0.4) is 0 Å². The van der Waals surface area contributed by atoms with Crippen LogP contribution < -0.4 is 5.32 Å². The molecule has 0 amide bonds. The molecule has 2 aromatic rings. The molecule has 3 nitrogen and oxygen atoms in total. The second-order valence-electron chi connectivity index (χ2n) is 7.23. The van der Waals surface area contributed by atoms with Crippen LogP contribution in [0.25, 0.3) is 11.1 Å². The molecular formula is C23H29NO2. The van der Waals surface area contributed by atoms with Crippen molar-refractivity contribution in [3.63, 3.8) is 0 Å². The molecule has 0 bridgehead atoms. The van der Waals surface area contributed by atoms with E-state index in [-0.39, 0.29) is 11.4 Å². The van der Waals surface area contributed by atoms with Gasteiger partial charge in [-0.25, -0.2) is 0 Å². The smallest absolute Gasteiger partial charge is 0.313 e. The van der Waals surface area contributed by atoms with Crippen LogP contribution in [-0.4, -0.2) is 19.1 Å². The van der Waals surface area contributed by atoms with Gasteiger partial charge in [0.1, 0.15) is 0 Å². The maximum Gasteiger partial charge on any atom is 0.313 e. The lowest BCUT2D eigenvalue weighted by atomic mass is 9.74. The molecule has 0 unspecified atom stereocenters. The van der Waals surface area contributed by atoms with Gasteiger partial charge in [0.15, 0.2) is 0 Å². The summed E-state index contributed by atoms with van der Waals surface area (Å²) >= 11 is 0. The predicted octanol–water partition coefficient (Wildman–Crippen LogP) is 4.96. The lowest BCUT2D eigenvalue weighted by Gasteiger charge is -2.35. The Hall–Kier alpha value is -2.13. The van der Waals surface area contributed by atoms with Crippen molar-refractivity contribution in [1.29, 1.82) is 0 Å². The predicted molar refractivity (Wildman–Crippen MR) is 106 cm³/mol. The Balaban J connectivity index is 1.58. The van der Waals surface area contributed by atoms with Crippen molar-refractivity contribution in [1.82, 2.24) is 5.32 Å². The van der Waals surface area contributed by atoms with E-state index in [9.17, 15) is 4.79 Å². The third-order valence-electron chi connectivity index (χ3n) is 5.37. The summed E-state index contributed by atoms with van der Waals surface area (Å²) < 4.78 is 5.37. The standard InChI is InChI=1S/C23H29NO2/c1-2-26-22(25)23(15-7-4-8-16-23)18-24-17-19-11-13-21(14-12-19)20-9-5-3-6-10-20/h3,5-6,9-14,24H,2,4,7-8,15-18H2,1H3. The van der Waals surface area contributed by atoms with Gasteiger partial charge < -0.3 is 10.1 Å². The fraction of sp³-hybridized carbons (Fsp3) is 0.435. The molecule has 0 radical (unpaired) electrons. The summed E-state index contributed by atoms with van der Waals surface area (Å²) in [6, 6.07) is 19.0. The van der Waals surface area contributed by atoms with Crippen molar-refractivity contribution in [3.8, 4) is 11.1 Å². The van der Waals surface area contributed by atoms with E-state index in [4.69, 9.17) is 4.74 Å². The van der Waals surface area contributed by atoms with Gasteiger partial charge in [-0.2, -0.15) is 0 Å². The largest absolute Gasteiger partial charge is 0.466 e. The van der Waals surface area contributed by atoms with E-state index in [0.717, 1.165) is 32.2 Å². The molecule has 1 fully saturated rings. The zero-order valence-electron chi connectivity index (χ0n) is 15.7. The topological polar surface area (TPSA) is 38.3 Å². The van der Waals surface area contributed by atoms with Gasteiger partial charge in [0.2, 0.25) is 0 Å². The molecule has 0 heterocycles. The average Bonchev–Trinajstić information content (AvgIpc) is 2.70. The van der Waals surface area contributed by atoms with Crippen molar-refractivity contribution in [2.75, 3.05) is 13.2 Å². The Morgan fingerprint density at radius 2 is 1.62 bits per heavy atom. The Labute approximate surface area is 156 Å². The number of hydrogen-bond acceptors (Lipinski definition) is 3. The summed E-state index contributed by atoms with van der Waals surface area (Å²) in [5.41, 5.74) is 3.36. The van der Waals surface area contributed by atoms with Crippen LogP contribution in [0.5, 0.6) is 0 Å². The third-order valence-corrected chi connectivity index (χ3v) is 5.37. The number of nitrogens with one attached hydrogen (secondary N) is 1. The molecule has 1 N–H and O–H groups in total. The van der Waals surface area contributed by atoms with Gasteiger partial charge in [0, 0.05) is 13.1 Å². The van der Waals surface area contributed by atoms with Crippen LogP contribution in [-0.2, 0) is 16.1 Å². The third kappa shape index (κ3) is 4.53. The molecular weight excluding hydrogens is 322 g/mol. The summed E-state index contributed by atoms with van der Waals surface area (Å²) in [6.07, 6.45) is 5.33.